The first-order chi connectivity index (χ1) is 11.5. The van der Waals surface area contributed by atoms with Crippen LogP contribution < -0.4 is 16.4 Å². The SMILES string of the molecule is CC(C)CCCC(C)NC(N)=NCC1CC(=O)Nc2ccccc21.I. The number of hydrogen-bond acceptors (Lipinski definition) is 2. The molecule has 1 heterocycles. The van der Waals surface area contributed by atoms with Gasteiger partial charge in [0.2, 0.25) is 5.91 Å². The van der Waals surface area contributed by atoms with Gasteiger partial charge in [-0.25, -0.2) is 0 Å². The van der Waals surface area contributed by atoms with Crippen LogP contribution in [0.5, 0.6) is 0 Å². The minimum absolute atomic E-state index is 0. The summed E-state index contributed by atoms with van der Waals surface area (Å²) in [6.45, 7) is 7.15. The number of benzene rings is 1. The second kappa shape index (κ2) is 10.6. The van der Waals surface area contributed by atoms with Crippen molar-refractivity contribution in [1.29, 1.82) is 0 Å². The smallest absolute Gasteiger partial charge is 0.225 e. The van der Waals surface area contributed by atoms with Crippen molar-refractivity contribution in [2.45, 2.75) is 58.4 Å². The Labute approximate surface area is 168 Å². The van der Waals surface area contributed by atoms with E-state index in [1.807, 2.05) is 24.3 Å². The first-order valence-corrected chi connectivity index (χ1v) is 8.91. The Morgan fingerprint density at radius 2 is 2.04 bits per heavy atom. The molecule has 2 rings (SSSR count). The zero-order chi connectivity index (χ0) is 17.5. The molecular weight excluding hydrogens is 427 g/mol. The predicted molar refractivity (Wildman–Crippen MR) is 116 cm³/mol. The molecule has 4 N–H and O–H groups in total. The van der Waals surface area contributed by atoms with E-state index in [1.54, 1.807) is 0 Å². The maximum absolute atomic E-state index is 11.8. The van der Waals surface area contributed by atoms with Gasteiger partial charge in [-0.2, -0.15) is 0 Å². The molecule has 0 saturated carbocycles. The van der Waals surface area contributed by atoms with Gasteiger partial charge in [0.25, 0.3) is 0 Å². The lowest BCUT2D eigenvalue weighted by atomic mass is 9.91. The first kappa shape index (κ1) is 21.7. The van der Waals surface area contributed by atoms with Gasteiger partial charge in [-0.3, -0.25) is 9.79 Å². The Balaban J connectivity index is 0.00000312. The van der Waals surface area contributed by atoms with E-state index in [0.717, 1.165) is 23.6 Å². The molecule has 2 unspecified atom stereocenters. The lowest BCUT2D eigenvalue weighted by Crippen LogP contribution is -2.39. The number of fused-ring (bicyclic) bond motifs is 1. The largest absolute Gasteiger partial charge is 0.370 e. The highest BCUT2D eigenvalue weighted by Crippen LogP contribution is 2.31. The summed E-state index contributed by atoms with van der Waals surface area (Å²) in [5, 5.41) is 6.16. The van der Waals surface area contributed by atoms with Crippen LogP contribution in [-0.2, 0) is 4.79 Å². The van der Waals surface area contributed by atoms with Crippen molar-refractivity contribution in [1.82, 2.24) is 5.32 Å². The number of rotatable bonds is 7. The van der Waals surface area contributed by atoms with Gasteiger partial charge in [0.15, 0.2) is 5.96 Å². The highest BCUT2D eigenvalue weighted by atomic mass is 127. The van der Waals surface area contributed by atoms with E-state index >= 15 is 0 Å². The lowest BCUT2D eigenvalue weighted by Gasteiger charge is -2.24. The number of guanidine groups is 1. The van der Waals surface area contributed by atoms with Crippen molar-refractivity contribution >= 4 is 41.5 Å². The zero-order valence-corrected chi connectivity index (χ0v) is 17.7. The minimum atomic E-state index is 0. The van der Waals surface area contributed by atoms with E-state index < -0.39 is 0 Å². The van der Waals surface area contributed by atoms with Gasteiger partial charge in [0, 0.05) is 24.1 Å². The van der Waals surface area contributed by atoms with Gasteiger partial charge in [-0.1, -0.05) is 44.9 Å². The number of para-hydroxylation sites is 1. The van der Waals surface area contributed by atoms with Crippen LogP contribution in [0.2, 0.25) is 0 Å². The molecule has 0 saturated heterocycles. The highest BCUT2D eigenvalue weighted by molar-refractivity contribution is 14.0. The summed E-state index contributed by atoms with van der Waals surface area (Å²) in [6, 6.07) is 8.22. The summed E-state index contributed by atoms with van der Waals surface area (Å²) in [6.07, 6.45) is 3.97. The number of nitrogens with zero attached hydrogens (tertiary/aromatic N) is 1. The molecule has 140 valence electrons. The van der Waals surface area contributed by atoms with E-state index in [2.05, 4.69) is 36.4 Å². The molecule has 0 aromatic heterocycles. The Kier molecular flexibility index (Phi) is 9.24. The zero-order valence-electron chi connectivity index (χ0n) is 15.4. The topological polar surface area (TPSA) is 79.5 Å². The first-order valence-electron chi connectivity index (χ1n) is 8.91. The van der Waals surface area contributed by atoms with Gasteiger partial charge in [0.1, 0.15) is 0 Å². The van der Waals surface area contributed by atoms with Crippen LogP contribution in [0.1, 0.15) is 57.9 Å². The van der Waals surface area contributed by atoms with Crippen LogP contribution in [-0.4, -0.2) is 24.5 Å². The third kappa shape index (κ3) is 7.22. The number of aliphatic imine (C=N–C) groups is 1. The highest BCUT2D eigenvalue weighted by Gasteiger charge is 2.24. The lowest BCUT2D eigenvalue weighted by molar-refractivity contribution is -0.116. The van der Waals surface area contributed by atoms with Crippen LogP contribution in [0.4, 0.5) is 5.69 Å². The summed E-state index contributed by atoms with van der Waals surface area (Å²) < 4.78 is 0. The average molecular weight is 458 g/mol. The summed E-state index contributed by atoms with van der Waals surface area (Å²) in [7, 11) is 0. The maximum atomic E-state index is 11.8. The molecular formula is C19H31IN4O. The molecule has 0 spiro atoms. The van der Waals surface area contributed by atoms with Crippen molar-refractivity contribution in [3.05, 3.63) is 29.8 Å². The van der Waals surface area contributed by atoms with Crippen LogP contribution in [0.3, 0.4) is 0 Å². The second-order valence-electron chi connectivity index (χ2n) is 7.13. The van der Waals surface area contributed by atoms with Crippen molar-refractivity contribution in [2.75, 3.05) is 11.9 Å². The third-order valence-corrected chi connectivity index (χ3v) is 4.40. The molecule has 2 atom stereocenters. The number of amides is 1. The van der Waals surface area contributed by atoms with E-state index in [1.165, 1.54) is 12.8 Å². The molecule has 1 aliphatic heterocycles. The Morgan fingerprint density at radius 3 is 2.76 bits per heavy atom. The van der Waals surface area contributed by atoms with Gasteiger partial charge in [-0.05, 0) is 30.9 Å². The van der Waals surface area contributed by atoms with Crippen molar-refractivity contribution in [2.24, 2.45) is 16.6 Å². The number of halogens is 1. The number of nitrogens with one attached hydrogen (secondary N) is 2. The molecule has 1 aliphatic rings. The Morgan fingerprint density at radius 1 is 1.32 bits per heavy atom. The molecule has 25 heavy (non-hydrogen) atoms. The summed E-state index contributed by atoms with van der Waals surface area (Å²) in [5.41, 5.74) is 8.05. The molecule has 0 aliphatic carbocycles. The number of nitrogens with two attached hydrogens (primary N) is 1. The summed E-state index contributed by atoms with van der Waals surface area (Å²) in [5.74, 6) is 1.34. The number of carbonyl (C=O) groups is 1. The van der Waals surface area contributed by atoms with Crippen molar-refractivity contribution < 1.29 is 4.79 Å². The van der Waals surface area contributed by atoms with Crippen molar-refractivity contribution in [3.8, 4) is 0 Å². The fraction of sp³-hybridized carbons (Fsp3) is 0.579. The van der Waals surface area contributed by atoms with Crippen LogP contribution in [0.15, 0.2) is 29.3 Å². The van der Waals surface area contributed by atoms with Crippen LogP contribution in [0, 0.1) is 5.92 Å². The van der Waals surface area contributed by atoms with E-state index in [9.17, 15) is 4.79 Å². The second-order valence-corrected chi connectivity index (χ2v) is 7.13. The molecule has 0 fully saturated rings. The van der Waals surface area contributed by atoms with Crippen LogP contribution in [0.25, 0.3) is 0 Å². The quantitative estimate of drug-likeness (QED) is 0.330. The van der Waals surface area contributed by atoms with Gasteiger partial charge < -0.3 is 16.4 Å². The van der Waals surface area contributed by atoms with Gasteiger partial charge >= 0.3 is 0 Å². The molecule has 0 radical (unpaired) electrons. The standard InChI is InChI=1S/C19H30N4O.HI/c1-13(2)7-6-8-14(3)22-19(20)21-12-15-11-18(24)23-17-10-5-4-9-16(15)17;/h4-5,9-10,13-15H,6-8,11-12H2,1-3H3,(H,23,24)(H3,20,21,22);1H. The number of hydrogen-bond donors (Lipinski definition) is 3. The normalized spacial score (nSPS) is 18.2. The fourth-order valence-corrected chi connectivity index (χ4v) is 3.08. The molecule has 1 aromatic rings. The monoisotopic (exact) mass is 458 g/mol. The van der Waals surface area contributed by atoms with Crippen LogP contribution >= 0.6 is 24.0 Å². The predicted octanol–water partition coefficient (Wildman–Crippen LogP) is 3.85. The molecule has 6 heteroatoms. The third-order valence-electron chi connectivity index (χ3n) is 4.40. The number of anilines is 1. The molecule has 1 aromatic carbocycles. The van der Waals surface area contributed by atoms with Gasteiger partial charge in [-0.15, -0.1) is 24.0 Å². The Hall–Kier alpha value is -1.31. The average Bonchev–Trinajstić information content (AvgIpc) is 2.52. The van der Waals surface area contributed by atoms with Gasteiger partial charge in [0.05, 0.1) is 6.54 Å². The summed E-state index contributed by atoms with van der Waals surface area (Å²) in [4.78, 5) is 16.3. The Bertz CT molecular complexity index is 589. The summed E-state index contributed by atoms with van der Waals surface area (Å²) >= 11 is 0. The molecule has 5 nitrogen and oxygen atoms in total. The van der Waals surface area contributed by atoms with E-state index in [-0.39, 0.29) is 35.8 Å². The maximum Gasteiger partial charge on any atom is 0.225 e. The van der Waals surface area contributed by atoms with E-state index in [0.29, 0.717) is 25.0 Å². The molecule has 1 amide bonds. The van der Waals surface area contributed by atoms with Crippen molar-refractivity contribution in [3.63, 3.8) is 0 Å². The minimum Gasteiger partial charge on any atom is -0.370 e. The number of carbonyl (C=O) groups excluding carboxylic acids is 1. The fourth-order valence-electron chi connectivity index (χ4n) is 3.08. The molecule has 0 bridgehead atoms. The van der Waals surface area contributed by atoms with E-state index in [4.69, 9.17) is 5.73 Å².